The van der Waals surface area contributed by atoms with Crippen molar-refractivity contribution in [2.45, 2.75) is 49.9 Å². The van der Waals surface area contributed by atoms with Crippen LogP contribution in [-0.2, 0) is 38.4 Å². The molecule has 5 rings (SSSR count). The van der Waals surface area contributed by atoms with E-state index in [0.717, 1.165) is 33.6 Å². The van der Waals surface area contributed by atoms with E-state index in [1.165, 1.54) is 18.4 Å². The highest BCUT2D eigenvalue weighted by Gasteiger charge is 2.33. The Labute approximate surface area is 278 Å². The number of Topliss-reactive ketones (excluding diaryl/α,β-unsaturated/α-hetero) is 1. The van der Waals surface area contributed by atoms with Gasteiger partial charge in [-0.3, -0.25) is 9.78 Å². The van der Waals surface area contributed by atoms with Crippen LogP contribution in [0.1, 0.15) is 39.5 Å². The predicted molar refractivity (Wildman–Crippen MR) is 179 cm³/mol. The lowest BCUT2D eigenvalue weighted by Gasteiger charge is -2.30. The van der Waals surface area contributed by atoms with E-state index in [0.29, 0.717) is 26.1 Å². The van der Waals surface area contributed by atoms with E-state index < -0.39 is 24.1 Å². The molecule has 10 nitrogen and oxygen atoms in total. The highest BCUT2D eigenvalue weighted by molar-refractivity contribution is 7.09. The highest BCUT2D eigenvalue weighted by atomic mass is 32.1. The Kier molecular flexibility index (Phi) is 12.5. The quantitative estimate of drug-likeness (QED) is 0.173. The molecule has 4 aromatic rings. The van der Waals surface area contributed by atoms with Crippen LogP contribution >= 0.6 is 11.3 Å². The summed E-state index contributed by atoms with van der Waals surface area (Å²) in [5.74, 6) is -0.519. The van der Waals surface area contributed by atoms with E-state index in [2.05, 4.69) is 20.9 Å². The summed E-state index contributed by atoms with van der Waals surface area (Å²) < 4.78 is 16.4. The maximum absolute atomic E-state index is 14.1. The molecule has 0 spiro atoms. The lowest BCUT2D eigenvalue weighted by Crippen LogP contribution is -2.49. The second-order valence-corrected chi connectivity index (χ2v) is 12.3. The number of carbonyl (C=O) groups is 3. The number of morpholine rings is 1. The van der Waals surface area contributed by atoms with Gasteiger partial charge in [0.25, 0.3) is 0 Å². The summed E-state index contributed by atoms with van der Waals surface area (Å²) in [6, 6.07) is 26.4. The zero-order valence-electron chi connectivity index (χ0n) is 26.3. The molecule has 0 bridgehead atoms. The average Bonchev–Trinajstić information content (AvgIpc) is 3.64. The number of methoxy groups -OCH3 is 1. The maximum Gasteiger partial charge on any atom is 0.407 e. The molecule has 11 heteroatoms. The Bertz CT molecular complexity index is 1520. The van der Waals surface area contributed by atoms with Crippen LogP contribution in [0.4, 0.5) is 9.59 Å². The van der Waals surface area contributed by atoms with E-state index >= 15 is 0 Å². The van der Waals surface area contributed by atoms with Gasteiger partial charge in [0, 0.05) is 30.0 Å². The van der Waals surface area contributed by atoms with Crippen molar-refractivity contribution in [1.29, 1.82) is 0 Å². The molecular formula is C36H40N4O6S. The Morgan fingerprint density at radius 1 is 0.957 bits per heavy atom. The first-order valence-electron chi connectivity index (χ1n) is 15.7. The van der Waals surface area contributed by atoms with Gasteiger partial charge in [-0.25, -0.2) is 9.59 Å². The normalized spacial score (nSPS) is 16.6. The first-order valence-corrected chi connectivity index (χ1v) is 16.5. The summed E-state index contributed by atoms with van der Waals surface area (Å²) in [7, 11) is 1.30. The van der Waals surface area contributed by atoms with Crippen LogP contribution in [-0.4, -0.2) is 68.0 Å². The van der Waals surface area contributed by atoms with Crippen LogP contribution in [0.15, 0.2) is 96.6 Å². The van der Waals surface area contributed by atoms with Crippen LogP contribution in [0.3, 0.4) is 0 Å². The molecule has 0 aliphatic carbocycles. The molecular weight excluding hydrogens is 616 g/mol. The molecule has 0 radical (unpaired) electrons. The number of hydrogen-bond acceptors (Lipinski definition) is 9. The Hall–Kier alpha value is -4.58. The summed E-state index contributed by atoms with van der Waals surface area (Å²) in [5, 5.41) is 8.98. The maximum atomic E-state index is 14.1. The molecule has 2 amide bonds. The number of alkyl carbamates (subject to hydrolysis) is 2. The third-order valence-electron chi connectivity index (χ3n) is 8.15. The van der Waals surface area contributed by atoms with Crippen molar-refractivity contribution in [2.24, 2.45) is 0 Å². The average molecular weight is 657 g/mol. The number of rotatable bonds is 14. The molecule has 2 heterocycles. The van der Waals surface area contributed by atoms with Crippen LogP contribution in [0.2, 0.25) is 0 Å². The van der Waals surface area contributed by atoms with Crippen LogP contribution in [0, 0.1) is 0 Å². The molecule has 1 aromatic heterocycles. The highest BCUT2D eigenvalue weighted by Crippen LogP contribution is 2.30. The Morgan fingerprint density at radius 2 is 1.64 bits per heavy atom. The standard InChI is InChI=1S/C36H40N4O6S/c1-44-36(43)40-34(33(26-11-4-2-5-12-26)27-13-6-3-7-14-27)32(41)18-28-15-9-8-10-25(28)16-17-30-19-38-29(22-45-30)23-46-35(42)39-21-31-20-37-24-47-31/h2-15,20,24,29-30,33-34,38H,16-19,21-23H2,1H3,(H,39,42)(H,40,43)/t29-,30+,34+/m0/s1. The van der Waals surface area contributed by atoms with Crippen molar-refractivity contribution >= 4 is 29.3 Å². The number of ether oxygens (including phenoxy) is 3. The largest absolute Gasteiger partial charge is 0.453 e. The minimum atomic E-state index is -0.847. The number of benzene rings is 3. The fraction of sp³-hybridized carbons (Fsp3) is 0.333. The minimum absolute atomic E-state index is 0.0237. The molecule has 246 valence electrons. The van der Waals surface area contributed by atoms with Gasteiger partial charge in [-0.1, -0.05) is 84.9 Å². The third kappa shape index (κ3) is 9.95. The van der Waals surface area contributed by atoms with Gasteiger partial charge in [-0.15, -0.1) is 11.3 Å². The lowest BCUT2D eigenvalue weighted by molar-refractivity contribution is -0.120. The molecule has 3 atom stereocenters. The van der Waals surface area contributed by atoms with Crippen molar-refractivity contribution in [2.75, 3.05) is 26.9 Å². The van der Waals surface area contributed by atoms with Gasteiger partial charge in [0.05, 0.1) is 37.9 Å². The first kappa shape index (κ1) is 33.8. The van der Waals surface area contributed by atoms with Crippen LogP contribution in [0.5, 0.6) is 0 Å². The Morgan fingerprint density at radius 3 is 2.26 bits per heavy atom. The summed E-state index contributed by atoms with van der Waals surface area (Å²) in [4.78, 5) is 43.6. The second kappa shape index (κ2) is 17.4. The van der Waals surface area contributed by atoms with E-state index in [-0.39, 0.29) is 31.0 Å². The van der Waals surface area contributed by atoms with Gasteiger partial charge < -0.3 is 30.2 Å². The monoisotopic (exact) mass is 656 g/mol. The van der Waals surface area contributed by atoms with Gasteiger partial charge >= 0.3 is 12.2 Å². The van der Waals surface area contributed by atoms with Gasteiger partial charge in [-0.05, 0) is 35.1 Å². The number of nitrogens with zero attached hydrogens (tertiary/aromatic N) is 1. The smallest absolute Gasteiger partial charge is 0.407 e. The molecule has 1 fully saturated rings. The van der Waals surface area contributed by atoms with Gasteiger partial charge in [0.15, 0.2) is 5.78 Å². The third-order valence-corrected chi connectivity index (χ3v) is 8.93. The molecule has 3 aromatic carbocycles. The lowest BCUT2D eigenvalue weighted by atomic mass is 9.81. The van der Waals surface area contributed by atoms with Crippen molar-refractivity contribution in [3.05, 3.63) is 124 Å². The van der Waals surface area contributed by atoms with E-state index in [9.17, 15) is 14.4 Å². The second-order valence-electron chi connectivity index (χ2n) is 11.3. The van der Waals surface area contributed by atoms with Crippen molar-refractivity contribution in [3.63, 3.8) is 0 Å². The van der Waals surface area contributed by atoms with Crippen molar-refractivity contribution in [1.82, 2.24) is 20.9 Å². The van der Waals surface area contributed by atoms with Gasteiger partial charge in [0.2, 0.25) is 0 Å². The zero-order valence-corrected chi connectivity index (χ0v) is 27.1. The van der Waals surface area contributed by atoms with Crippen molar-refractivity contribution in [3.8, 4) is 0 Å². The molecule has 1 aliphatic rings. The summed E-state index contributed by atoms with van der Waals surface area (Å²) in [5.41, 5.74) is 5.52. The number of ketones is 1. The number of nitrogens with one attached hydrogen (secondary N) is 3. The van der Waals surface area contributed by atoms with Gasteiger partial charge in [0.1, 0.15) is 12.6 Å². The molecule has 1 aliphatic heterocycles. The van der Waals surface area contributed by atoms with Gasteiger partial charge in [-0.2, -0.15) is 0 Å². The fourth-order valence-corrected chi connectivity index (χ4v) is 6.23. The SMILES string of the molecule is COC(=O)N[C@H](C(=O)Cc1ccccc1CC[C@@H]1CN[C@H](COC(=O)NCc2cncs2)CO1)C(c1ccccc1)c1ccccc1. The molecule has 1 saturated heterocycles. The molecule has 3 N–H and O–H groups in total. The molecule has 47 heavy (non-hydrogen) atoms. The predicted octanol–water partition coefficient (Wildman–Crippen LogP) is 5.03. The zero-order chi connectivity index (χ0) is 32.8. The summed E-state index contributed by atoms with van der Waals surface area (Å²) in [6.45, 7) is 1.64. The molecule has 0 unspecified atom stereocenters. The number of aromatic nitrogens is 1. The number of hydrogen-bond donors (Lipinski definition) is 3. The van der Waals surface area contributed by atoms with E-state index in [1.54, 1.807) is 11.7 Å². The number of aryl methyl sites for hydroxylation is 1. The fourth-order valence-electron chi connectivity index (χ4n) is 5.70. The van der Waals surface area contributed by atoms with Crippen LogP contribution in [0.25, 0.3) is 0 Å². The van der Waals surface area contributed by atoms with E-state index in [4.69, 9.17) is 14.2 Å². The number of thiazole rings is 1. The summed E-state index contributed by atoms with van der Waals surface area (Å²) in [6.07, 6.45) is 2.17. The Balaban J connectivity index is 1.18. The first-order chi connectivity index (χ1) is 23.0. The van der Waals surface area contributed by atoms with E-state index in [1.807, 2.05) is 84.9 Å². The minimum Gasteiger partial charge on any atom is -0.453 e. The number of amides is 2. The molecule has 0 saturated carbocycles. The number of carbonyl (C=O) groups excluding carboxylic acids is 3. The topological polar surface area (TPSA) is 128 Å². The summed E-state index contributed by atoms with van der Waals surface area (Å²) >= 11 is 1.47. The van der Waals surface area contributed by atoms with Crippen molar-refractivity contribution < 1.29 is 28.6 Å². The van der Waals surface area contributed by atoms with Crippen LogP contribution < -0.4 is 16.0 Å².